The molecular formula is C12H10F4O4. The van der Waals surface area contributed by atoms with E-state index in [2.05, 4.69) is 9.47 Å². The van der Waals surface area contributed by atoms with E-state index >= 15 is 0 Å². The highest BCUT2D eigenvalue weighted by atomic mass is 19.3. The molecule has 0 bridgehead atoms. The summed E-state index contributed by atoms with van der Waals surface area (Å²) in [4.78, 5) is 22.7. The van der Waals surface area contributed by atoms with Crippen molar-refractivity contribution >= 4 is 11.8 Å². The van der Waals surface area contributed by atoms with Crippen molar-refractivity contribution in [1.29, 1.82) is 0 Å². The third-order valence-corrected chi connectivity index (χ3v) is 2.07. The van der Waals surface area contributed by atoms with Crippen molar-refractivity contribution in [3.8, 4) is 5.75 Å². The van der Waals surface area contributed by atoms with Gasteiger partial charge in [-0.1, -0.05) is 12.1 Å². The van der Waals surface area contributed by atoms with Gasteiger partial charge in [0.1, 0.15) is 5.75 Å². The van der Waals surface area contributed by atoms with Gasteiger partial charge >= 0.3 is 18.5 Å². The Labute approximate surface area is 111 Å². The molecule has 0 heterocycles. The minimum absolute atomic E-state index is 0.0375. The summed E-state index contributed by atoms with van der Waals surface area (Å²) in [5.74, 6) is -2.92. The van der Waals surface area contributed by atoms with Crippen LogP contribution in [0.15, 0.2) is 24.3 Å². The van der Waals surface area contributed by atoms with Gasteiger partial charge in [0.25, 0.3) is 5.78 Å². The second-order valence-electron chi connectivity index (χ2n) is 3.54. The topological polar surface area (TPSA) is 52.6 Å². The summed E-state index contributed by atoms with van der Waals surface area (Å²) >= 11 is 0. The Kier molecular flexibility index (Phi) is 5.06. The molecule has 0 spiro atoms. The fourth-order valence-corrected chi connectivity index (χ4v) is 1.22. The molecule has 0 radical (unpaired) electrons. The van der Waals surface area contributed by atoms with Crippen molar-refractivity contribution in [3.63, 3.8) is 0 Å². The van der Waals surface area contributed by atoms with Gasteiger partial charge in [-0.3, -0.25) is 4.79 Å². The number of benzene rings is 1. The van der Waals surface area contributed by atoms with Crippen molar-refractivity contribution in [1.82, 2.24) is 0 Å². The first-order chi connectivity index (χ1) is 9.27. The van der Waals surface area contributed by atoms with Gasteiger partial charge in [0.15, 0.2) is 0 Å². The van der Waals surface area contributed by atoms with Crippen LogP contribution in [-0.2, 0) is 9.53 Å². The zero-order valence-corrected chi connectivity index (χ0v) is 10.2. The zero-order chi connectivity index (χ0) is 15.3. The molecule has 0 saturated carbocycles. The third-order valence-electron chi connectivity index (χ3n) is 2.07. The second-order valence-corrected chi connectivity index (χ2v) is 3.54. The van der Waals surface area contributed by atoms with Crippen LogP contribution >= 0.6 is 0 Å². The second kappa shape index (κ2) is 6.36. The number of Topliss-reactive ketones (excluding diaryl/α,β-unsaturated/α-hetero) is 1. The van der Waals surface area contributed by atoms with Crippen LogP contribution in [0.1, 0.15) is 17.3 Å². The van der Waals surface area contributed by atoms with Gasteiger partial charge in [-0.15, -0.1) is 0 Å². The van der Waals surface area contributed by atoms with Gasteiger partial charge in [0.05, 0.1) is 6.61 Å². The number of rotatable bonds is 6. The number of esters is 1. The SMILES string of the molecule is CCOC(=O)C(=O)c1cccc(OC(F)(F)C(F)F)c1. The molecule has 1 aromatic carbocycles. The first-order valence-corrected chi connectivity index (χ1v) is 5.44. The molecule has 0 aromatic heterocycles. The average molecular weight is 294 g/mol. The molecule has 0 amide bonds. The molecule has 0 atom stereocenters. The number of hydrogen-bond acceptors (Lipinski definition) is 4. The number of ketones is 1. The fourth-order valence-electron chi connectivity index (χ4n) is 1.22. The van der Waals surface area contributed by atoms with Crippen LogP contribution < -0.4 is 4.74 Å². The molecule has 0 N–H and O–H groups in total. The lowest BCUT2D eigenvalue weighted by molar-refractivity contribution is -0.253. The standard InChI is InChI=1S/C12H10F4O4/c1-2-19-10(18)9(17)7-4-3-5-8(6-7)20-12(15,16)11(13)14/h3-6,11H,2H2,1H3. The van der Waals surface area contributed by atoms with Gasteiger partial charge in [-0.2, -0.15) is 17.6 Å². The van der Waals surface area contributed by atoms with Crippen molar-refractivity contribution in [2.45, 2.75) is 19.5 Å². The molecule has 8 heteroatoms. The number of halogens is 4. The van der Waals surface area contributed by atoms with E-state index < -0.39 is 30.0 Å². The Bertz CT molecular complexity index is 502. The molecule has 0 saturated heterocycles. The van der Waals surface area contributed by atoms with E-state index in [4.69, 9.17) is 0 Å². The zero-order valence-electron chi connectivity index (χ0n) is 10.2. The summed E-state index contributed by atoms with van der Waals surface area (Å²) in [6.07, 6.45) is -8.71. The Hall–Kier alpha value is -2.12. The van der Waals surface area contributed by atoms with Crippen LogP contribution in [-0.4, -0.2) is 30.9 Å². The number of carbonyl (C=O) groups is 2. The molecule has 110 valence electrons. The molecular weight excluding hydrogens is 284 g/mol. The highest BCUT2D eigenvalue weighted by Gasteiger charge is 2.44. The summed E-state index contributed by atoms with van der Waals surface area (Å²) in [6.45, 7) is 1.44. The highest BCUT2D eigenvalue weighted by Crippen LogP contribution is 2.27. The van der Waals surface area contributed by atoms with Gasteiger partial charge in [0, 0.05) is 5.56 Å². The molecule has 1 rings (SSSR count). The lowest BCUT2D eigenvalue weighted by Gasteiger charge is -2.16. The predicted molar refractivity (Wildman–Crippen MR) is 59.0 cm³/mol. The van der Waals surface area contributed by atoms with Crippen LogP contribution in [0.5, 0.6) is 5.75 Å². The molecule has 0 aliphatic heterocycles. The van der Waals surface area contributed by atoms with Crippen molar-refractivity contribution in [2.24, 2.45) is 0 Å². The average Bonchev–Trinajstić information content (AvgIpc) is 2.37. The van der Waals surface area contributed by atoms with Crippen LogP contribution in [0.2, 0.25) is 0 Å². The predicted octanol–water partition coefficient (Wildman–Crippen LogP) is 2.67. The van der Waals surface area contributed by atoms with E-state index in [0.717, 1.165) is 24.3 Å². The summed E-state index contributed by atoms with van der Waals surface area (Å²) in [7, 11) is 0. The normalized spacial score (nSPS) is 11.3. The molecule has 1 aromatic rings. The highest BCUT2D eigenvalue weighted by molar-refractivity contribution is 6.40. The van der Waals surface area contributed by atoms with E-state index in [0.29, 0.717) is 0 Å². The minimum atomic E-state index is -4.69. The molecule has 0 fully saturated rings. The first-order valence-electron chi connectivity index (χ1n) is 5.44. The molecule has 0 aliphatic rings. The smallest absolute Gasteiger partial charge is 0.460 e. The quantitative estimate of drug-likeness (QED) is 0.350. The third kappa shape index (κ3) is 3.94. The maximum absolute atomic E-state index is 12.7. The van der Waals surface area contributed by atoms with Crippen molar-refractivity contribution in [3.05, 3.63) is 29.8 Å². The van der Waals surface area contributed by atoms with E-state index in [-0.39, 0.29) is 12.2 Å². The van der Waals surface area contributed by atoms with E-state index in [1.165, 1.54) is 6.92 Å². The first kappa shape index (κ1) is 15.9. The van der Waals surface area contributed by atoms with Crippen molar-refractivity contribution < 1.29 is 36.6 Å². The Balaban J connectivity index is 2.91. The van der Waals surface area contributed by atoms with E-state index in [1.54, 1.807) is 0 Å². The van der Waals surface area contributed by atoms with Crippen LogP contribution in [0, 0.1) is 0 Å². The minimum Gasteiger partial charge on any atom is -0.460 e. The summed E-state index contributed by atoms with van der Waals surface area (Å²) in [6, 6.07) is 3.98. The van der Waals surface area contributed by atoms with Gasteiger partial charge in [-0.05, 0) is 19.1 Å². The maximum atomic E-state index is 12.7. The molecule has 20 heavy (non-hydrogen) atoms. The number of carbonyl (C=O) groups excluding carboxylic acids is 2. The molecule has 0 aliphatic carbocycles. The van der Waals surface area contributed by atoms with Crippen LogP contribution in [0.25, 0.3) is 0 Å². The Morgan fingerprint density at radius 3 is 2.50 bits per heavy atom. The van der Waals surface area contributed by atoms with Crippen molar-refractivity contribution in [2.75, 3.05) is 6.61 Å². The summed E-state index contributed by atoms with van der Waals surface area (Å²) in [5, 5.41) is 0. The van der Waals surface area contributed by atoms with Crippen LogP contribution in [0.4, 0.5) is 17.6 Å². The molecule has 0 unspecified atom stereocenters. The Morgan fingerprint density at radius 2 is 1.95 bits per heavy atom. The fraction of sp³-hybridized carbons (Fsp3) is 0.333. The number of alkyl halides is 4. The largest absolute Gasteiger partial charge is 0.461 e. The summed E-state index contributed by atoms with van der Waals surface area (Å²) in [5.41, 5.74) is -0.300. The molecule has 4 nitrogen and oxygen atoms in total. The van der Waals surface area contributed by atoms with E-state index in [9.17, 15) is 27.2 Å². The van der Waals surface area contributed by atoms with Gasteiger partial charge in [-0.25, -0.2) is 4.79 Å². The lowest BCUT2D eigenvalue weighted by Crippen LogP contribution is -2.33. The van der Waals surface area contributed by atoms with Gasteiger partial charge in [0.2, 0.25) is 0 Å². The Morgan fingerprint density at radius 1 is 1.30 bits per heavy atom. The van der Waals surface area contributed by atoms with E-state index in [1.807, 2.05) is 0 Å². The number of hydrogen-bond donors (Lipinski definition) is 0. The van der Waals surface area contributed by atoms with Gasteiger partial charge < -0.3 is 9.47 Å². The monoisotopic (exact) mass is 294 g/mol. The lowest BCUT2D eigenvalue weighted by atomic mass is 10.1. The van der Waals surface area contributed by atoms with Crippen LogP contribution in [0.3, 0.4) is 0 Å². The number of ether oxygens (including phenoxy) is 2. The maximum Gasteiger partial charge on any atom is 0.461 e. The summed E-state index contributed by atoms with van der Waals surface area (Å²) < 4.78 is 57.6.